The number of rotatable bonds is 4. The third-order valence-corrected chi connectivity index (χ3v) is 5.44. The van der Waals surface area contributed by atoms with Crippen LogP contribution in [0.15, 0.2) is 0 Å². The lowest BCUT2D eigenvalue weighted by Crippen LogP contribution is -2.45. The van der Waals surface area contributed by atoms with E-state index in [0.29, 0.717) is 23.8 Å². The molecule has 4 heteroatoms. The molecule has 3 rings (SSSR count). The Hall–Kier alpha value is -0.610. The Labute approximate surface area is 122 Å². The molecular formula is C16H28N2O2. The summed E-state index contributed by atoms with van der Waals surface area (Å²) in [4.78, 5) is 14.6. The molecule has 0 aromatic rings. The van der Waals surface area contributed by atoms with Crippen LogP contribution in [0.5, 0.6) is 0 Å². The van der Waals surface area contributed by atoms with Crippen molar-refractivity contribution in [2.24, 2.45) is 11.8 Å². The van der Waals surface area contributed by atoms with Crippen LogP contribution in [-0.4, -0.2) is 42.3 Å². The largest absolute Gasteiger partial charge is 0.378 e. The van der Waals surface area contributed by atoms with Crippen molar-refractivity contribution in [2.75, 3.05) is 13.2 Å². The number of hydrogen-bond donors (Lipinski definition) is 1. The van der Waals surface area contributed by atoms with E-state index in [-0.39, 0.29) is 12.2 Å². The average Bonchev–Trinajstić information content (AvgIpc) is 3.15. The summed E-state index contributed by atoms with van der Waals surface area (Å²) in [5.41, 5.74) is 0. The summed E-state index contributed by atoms with van der Waals surface area (Å²) < 4.78 is 5.79. The fourth-order valence-electron chi connectivity index (χ4n) is 4.28. The first-order valence-corrected chi connectivity index (χ1v) is 8.38. The maximum absolute atomic E-state index is 12.5. The zero-order valence-corrected chi connectivity index (χ0v) is 12.8. The van der Waals surface area contributed by atoms with Crippen molar-refractivity contribution in [1.82, 2.24) is 10.2 Å². The number of carbonyl (C=O) groups is 1. The lowest BCUT2D eigenvalue weighted by atomic mass is 9.97. The number of amides is 1. The van der Waals surface area contributed by atoms with Crippen molar-refractivity contribution in [3.8, 4) is 0 Å². The first-order valence-electron chi connectivity index (χ1n) is 8.38. The van der Waals surface area contributed by atoms with Gasteiger partial charge >= 0.3 is 0 Å². The molecule has 0 bridgehead atoms. The van der Waals surface area contributed by atoms with Gasteiger partial charge in [-0.1, -0.05) is 19.8 Å². The van der Waals surface area contributed by atoms with Gasteiger partial charge in [0, 0.05) is 19.1 Å². The summed E-state index contributed by atoms with van der Waals surface area (Å²) in [6.07, 6.45) is 7.98. The van der Waals surface area contributed by atoms with E-state index < -0.39 is 0 Å². The van der Waals surface area contributed by atoms with Crippen molar-refractivity contribution in [3.63, 3.8) is 0 Å². The Morgan fingerprint density at radius 3 is 2.75 bits per heavy atom. The lowest BCUT2D eigenvalue weighted by Gasteiger charge is -2.32. The van der Waals surface area contributed by atoms with Crippen LogP contribution in [0.25, 0.3) is 0 Å². The highest BCUT2D eigenvalue weighted by molar-refractivity contribution is 5.84. The zero-order chi connectivity index (χ0) is 14.1. The molecule has 1 saturated carbocycles. The third-order valence-electron chi connectivity index (χ3n) is 5.44. The Morgan fingerprint density at radius 1 is 1.30 bits per heavy atom. The second-order valence-corrected chi connectivity index (χ2v) is 6.73. The van der Waals surface area contributed by atoms with Gasteiger partial charge in [0.05, 0.1) is 18.3 Å². The summed E-state index contributed by atoms with van der Waals surface area (Å²) in [5, 5.41) is 3.54. The molecule has 114 valence electrons. The second kappa shape index (κ2) is 6.02. The van der Waals surface area contributed by atoms with Crippen molar-refractivity contribution in [2.45, 2.75) is 70.7 Å². The molecule has 4 nitrogen and oxygen atoms in total. The number of hydrogen-bond acceptors (Lipinski definition) is 3. The molecule has 0 aromatic heterocycles. The summed E-state index contributed by atoms with van der Waals surface area (Å²) >= 11 is 0. The molecular weight excluding hydrogens is 252 g/mol. The Bertz CT molecular complexity index is 354. The molecule has 2 aliphatic heterocycles. The van der Waals surface area contributed by atoms with Gasteiger partial charge in [0.15, 0.2) is 0 Å². The molecule has 3 fully saturated rings. The van der Waals surface area contributed by atoms with Crippen LogP contribution in [-0.2, 0) is 9.53 Å². The SMILES string of the molecule is CCC1OCCC1CN1C(=O)C(C)NC1C1CCCC1. The smallest absolute Gasteiger partial charge is 0.240 e. The highest BCUT2D eigenvalue weighted by Gasteiger charge is 2.43. The quantitative estimate of drug-likeness (QED) is 0.858. The Morgan fingerprint density at radius 2 is 2.05 bits per heavy atom. The van der Waals surface area contributed by atoms with Gasteiger partial charge in [0.1, 0.15) is 0 Å². The van der Waals surface area contributed by atoms with E-state index in [1.807, 2.05) is 6.92 Å². The molecule has 4 unspecified atom stereocenters. The predicted molar refractivity (Wildman–Crippen MR) is 78.2 cm³/mol. The number of ether oxygens (including phenoxy) is 1. The lowest BCUT2D eigenvalue weighted by molar-refractivity contribution is -0.131. The molecule has 20 heavy (non-hydrogen) atoms. The minimum atomic E-state index is -0.0111. The van der Waals surface area contributed by atoms with Gasteiger partial charge in [-0.15, -0.1) is 0 Å². The van der Waals surface area contributed by atoms with E-state index in [4.69, 9.17) is 4.74 Å². The number of nitrogens with one attached hydrogen (secondary N) is 1. The van der Waals surface area contributed by atoms with Gasteiger partial charge in [-0.3, -0.25) is 10.1 Å². The molecule has 3 aliphatic rings. The van der Waals surface area contributed by atoms with Gasteiger partial charge in [-0.2, -0.15) is 0 Å². The van der Waals surface area contributed by atoms with Crippen LogP contribution in [0.1, 0.15) is 52.4 Å². The maximum atomic E-state index is 12.5. The van der Waals surface area contributed by atoms with Crippen molar-refractivity contribution < 1.29 is 9.53 Å². The summed E-state index contributed by atoms with van der Waals surface area (Å²) in [6.45, 7) is 5.94. The minimum absolute atomic E-state index is 0.0111. The molecule has 0 spiro atoms. The first-order chi connectivity index (χ1) is 9.70. The minimum Gasteiger partial charge on any atom is -0.378 e. The fourth-order valence-corrected chi connectivity index (χ4v) is 4.28. The van der Waals surface area contributed by atoms with Crippen LogP contribution in [0, 0.1) is 11.8 Å². The Kier molecular flexibility index (Phi) is 4.32. The molecule has 2 saturated heterocycles. The molecule has 1 amide bonds. The second-order valence-electron chi connectivity index (χ2n) is 6.73. The summed E-state index contributed by atoms with van der Waals surface area (Å²) in [7, 11) is 0. The van der Waals surface area contributed by atoms with E-state index in [2.05, 4.69) is 17.1 Å². The molecule has 4 atom stereocenters. The van der Waals surface area contributed by atoms with E-state index in [0.717, 1.165) is 26.0 Å². The van der Waals surface area contributed by atoms with Gasteiger partial charge in [-0.05, 0) is 38.5 Å². The molecule has 0 radical (unpaired) electrons. The van der Waals surface area contributed by atoms with E-state index in [1.54, 1.807) is 0 Å². The van der Waals surface area contributed by atoms with Gasteiger partial charge in [-0.25, -0.2) is 0 Å². The molecule has 0 aromatic carbocycles. The number of carbonyl (C=O) groups excluding carboxylic acids is 1. The van der Waals surface area contributed by atoms with E-state index in [9.17, 15) is 4.79 Å². The van der Waals surface area contributed by atoms with Gasteiger partial charge in [0.25, 0.3) is 0 Å². The monoisotopic (exact) mass is 280 g/mol. The van der Waals surface area contributed by atoms with Crippen LogP contribution in [0.3, 0.4) is 0 Å². The van der Waals surface area contributed by atoms with Crippen molar-refractivity contribution in [3.05, 3.63) is 0 Å². The van der Waals surface area contributed by atoms with Gasteiger partial charge < -0.3 is 9.64 Å². The Balaban J connectivity index is 1.69. The average molecular weight is 280 g/mol. The van der Waals surface area contributed by atoms with Crippen LogP contribution in [0.2, 0.25) is 0 Å². The maximum Gasteiger partial charge on any atom is 0.240 e. The van der Waals surface area contributed by atoms with Crippen LogP contribution in [0.4, 0.5) is 0 Å². The first kappa shape index (κ1) is 14.3. The highest BCUT2D eigenvalue weighted by Crippen LogP contribution is 2.34. The fraction of sp³-hybridized carbons (Fsp3) is 0.938. The normalized spacial score (nSPS) is 39.1. The van der Waals surface area contributed by atoms with Crippen LogP contribution >= 0.6 is 0 Å². The van der Waals surface area contributed by atoms with E-state index in [1.165, 1.54) is 25.7 Å². The molecule has 1 N–H and O–H groups in total. The zero-order valence-electron chi connectivity index (χ0n) is 12.8. The van der Waals surface area contributed by atoms with Gasteiger partial charge in [0.2, 0.25) is 5.91 Å². The topological polar surface area (TPSA) is 41.6 Å². The third kappa shape index (κ3) is 2.60. The number of nitrogens with zero attached hydrogens (tertiary/aromatic N) is 1. The van der Waals surface area contributed by atoms with Crippen molar-refractivity contribution in [1.29, 1.82) is 0 Å². The highest BCUT2D eigenvalue weighted by atomic mass is 16.5. The molecule has 2 heterocycles. The van der Waals surface area contributed by atoms with Crippen LogP contribution < -0.4 is 5.32 Å². The van der Waals surface area contributed by atoms with Crippen molar-refractivity contribution >= 4 is 5.91 Å². The molecule has 1 aliphatic carbocycles. The predicted octanol–water partition coefficient (Wildman–Crippen LogP) is 2.14. The van der Waals surface area contributed by atoms with E-state index >= 15 is 0 Å². The summed E-state index contributed by atoms with van der Waals surface area (Å²) in [5.74, 6) is 1.48. The standard InChI is InChI=1S/C16H28N2O2/c1-3-14-13(8-9-20-14)10-18-15(12-6-4-5-7-12)17-11(2)16(18)19/h11-15,17H,3-10H2,1-2H3. The summed E-state index contributed by atoms with van der Waals surface area (Å²) in [6, 6.07) is -0.0111.